The number of benzene rings is 2. The molecule has 1 aliphatic carbocycles. The highest BCUT2D eigenvalue weighted by molar-refractivity contribution is 5.79. The van der Waals surface area contributed by atoms with Gasteiger partial charge >= 0.3 is 5.69 Å². The number of nitrogens with zero attached hydrogens (tertiary/aromatic N) is 7. The van der Waals surface area contributed by atoms with Crippen LogP contribution in [0, 0.1) is 11.3 Å². The van der Waals surface area contributed by atoms with Gasteiger partial charge in [0.05, 0.1) is 41.0 Å². The summed E-state index contributed by atoms with van der Waals surface area (Å²) in [6.45, 7) is 2.59. The molecule has 6 rings (SSSR count). The van der Waals surface area contributed by atoms with E-state index < -0.39 is 6.10 Å². The van der Waals surface area contributed by atoms with Crippen molar-refractivity contribution in [2.75, 3.05) is 0 Å². The van der Waals surface area contributed by atoms with Gasteiger partial charge in [-0.15, -0.1) is 0 Å². The first-order valence-corrected chi connectivity index (χ1v) is 11.7. The second-order valence-electron chi connectivity index (χ2n) is 8.85. The molecule has 0 spiro atoms. The number of nitriles is 1. The van der Waals surface area contributed by atoms with Crippen LogP contribution in [0.25, 0.3) is 28.1 Å². The van der Waals surface area contributed by atoms with Crippen LogP contribution < -0.4 is 5.69 Å². The number of aryl methyl sites for hydroxylation is 1. The Morgan fingerprint density at radius 1 is 1.11 bits per heavy atom. The van der Waals surface area contributed by atoms with Gasteiger partial charge in [0.15, 0.2) is 5.65 Å². The normalized spacial score (nSPS) is 17.5. The number of aliphatic hydroxyl groups is 1. The molecule has 3 heterocycles. The van der Waals surface area contributed by atoms with Gasteiger partial charge in [-0.3, -0.25) is 13.7 Å². The molecule has 35 heavy (non-hydrogen) atoms. The van der Waals surface area contributed by atoms with Crippen LogP contribution in [-0.2, 0) is 6.54 Å². The maximum Gasteiger partial charge on any atom is 0.330 e. The molecule has 174 valence electrons. The molecule has 0 aliphatic heterocycles. The molecular weight excluding hydrogens is 442 g/mol. The molecule has 0 fully saturated rings. The Labute approximate surface area is 200 Å². The van der Waals surface area contributed by atoms with Gasteiger partial charge in [0.25, 0.3) is 0 Å². The van der Waals surface area contributed by atoms with Gasteiger partial charge in [0.2, 0.25) is 5.95 Å². The van der Waals surface area contributed by atoms with Crippen LogP contribution in [0.4, 0.5) is 0 Å². The summed E-state index contributed by atoms with van der Waals surface area (Å²) in [5.41, 5.74) is 4.84. The average Bonchev–Trinajstić information content (AvgIpc) is 3.43. The van der Waals surface area contributed by atoms with Gasteiger partial charge in [-0.25, -0.2) is 14.8 Å². The van der Waals surface area contributed by atoms with E-state index in [0.717, 1.165) is 28.6 Å². The predicted octanol–water partition coefficient (Wildman–Crippen LogP) is 3.63. The fourth-order valence-corrected chi connectivity index (χ4v) is 5.13. The molecule has 0 amide bonds. The lowest BCUT2D eigenvalue weighted by molar-refractivity contribution is 0.147. The van der Waals surface area contributed by atoms with E-state index in [1.165, 1.54) is 0 Å². The van der Waals surface area contributed by atoms with Crippen LogP contribution in [0.5, 0.6) is 0 Å². The third-order valence-electron chi connectivity index (χ3n) is 6.77. The van der Waals surface area contributed by atoms with E-state index >= 15 is 0 Å². The lowest BCUT2D eigenvalue weighted by atomic mass is 9.85. The summed E-state index contributed by atoms with van der Waals surface area (Å²) in [4.78, 5) is 27.6. The number of aromatic nitrogens is 6. The first-order valence-electron chi connectivity index (χ1n) is 11.7. The van der Waals surface area contributed by atoms with E-state index in [1.54, 1.807) is 44.4 Å². The lowest BCUT2D eigenvalue weighted by Crippen LogP contribution is -2.31. The van der Waals surface area contributed by atoms with Crippen molar-refractivity contribution in [1.82, 2.24) is 28.7 Å². The van der Waals surface area contributed by atoms with Gasteiger partial charge < -0.3 is 5.11 Å². The molecular formula is C26H23N7O2. The van der Waals surface area contributed by atoms with Crippen molar-refractivity contribution in [2.45, 2.75) is 44.9 Å². The first kappa shape index (κ1) is 21.3. The van der Waals surface area contributed by atoms with Gasteiger partial charge in [-0.1, -0.05) is 31.2 Å². The Hall–Kier alpha value is -4.29. The van der Waals surface area contributed by atoms with E-state index in [9.17, 15) is 15.2 Å². The summed E-state index contributed by atoms with van der Waals surface area (Å²) in [5.74, 6) is 0.376. The van der Waals surface area contributed by atoms with E-state index in [-0.39, 0.29) is 11.7 Å². The quantitative estimate of drug-likeness (QED) is 0.433. The van der Waals surface area contributed by atoms with Crippen molar-refractivity contribution in [3.05, 3.63) is 82.2 Å². The summed E-state index contributed by atoms with van der Waals surface area (Å²) in [7, 11) is 0. The zero-order valence-electron chi connectivity index (χ0n) is 19.2. The van der Waals surface area contributed by atoms with Crippen molar-refractivity contribution >= 4 is 22.2 Å². The highest BCUT2D eigenvalue weighted by Crippen LogP contribution is 2.38. The molecule has 2 aromatic carbocycles. The van der Waals surface area contributed by atoms with E-state index in [0.29, 0.717) is 42.1 Å². The second kappa shape index (κ2) is 8.18. The van der Waals surface area contributed by atoms with E-state index in [2.05, 4.69) is 16.0 Å². The van der Waals surface area contributed by atoms with Crippen molar-refractivity contribution in [2.24, 2.45) is 0 Å². The van der Waals surface area contributed by atoms with E-state index in [1.807, 2.05) is 31.2 Å². The number of rotatable bonds is 4. The van der Waals surface area contributed by atoms with Crippen LogP contribution in [-0.4, -0.2) is 33.8 Å². The Kier molecular flexibility index (Phi) is 4.97. The molecule has 0 saturated heterocycles. The van der Waals surface area contributed by atoms with Crippen molar-refractivity contribution < 1.29 is 5.11 Å². The summed E-state index contributed by atoms with van der Waals surface area (Å²) in [6, 6.07) is 14.9. The monoisotopic (exact) mass is 465 g/mol. The molecule has 1 aliphatic rings. The minimum atomic E-state index is -0.543. The molecule has 2 atom stereocenters. The summed E-state index contributed by atoms with van der Waals surface area (Å²) in [6.07, 6.45) is 4.76. The smallest absolute Gasteiger partial charge is 0.330 e. The summed E-state index contributed by atoms with van der Waals surface area (Å²) < 4.78 is 5.22. The van der Waals surface area contributed by atoms with Gasteiger partial charge in [-0.2, -0.15) is 10.2 Å². The molecule has 5 aromatic rings. The highest BCUT2D eigenvalue weighted by atomic mass is 16.3. The molecule has 9 heteroatoms. The fourth-order valence-electron chi connectivity index (χ4n) is 5.13. The second-order valence-corrected chi connectivity index (χ2v) is 8.85. The third kappa shape index (κ3) is 3.26. The van der Waals surface area contributed by atoms with Crippen LogP contribution in [0.1, 0.15) is 55.0 Å². The number of hydrogen-bond donors (Lipinski definition) is 1. The topological polar surface area (TPSA) is 115 Å². The maximum absolute atomic E-state index is 13.7. The van der Waals surface area contributed by atoms with Gasteiger partial charge in [0, 0.05) is 6.54 Å². The molecule has 9 nitrogen and oxygen atoms in total. The average molecular weight is 466 g/mol. The van der Waals surface area contributed by atoms with Crippen molar-refractivity contribution in [3.63, 3.8) is 0 Å². The number of hydrogen-bond acceptors (Lipinski definition) is 6. The first-order chi connectivity index (χ1) is 17.1. The minimum Gasteiger partial charge on any atom is -0.388 e. The summed E-state index contributed by atoms with van der Waals surface area (Å²) >= 11 is 0. The van der Waals surface area contributed by atoms with Gasteiger partial charge in [-0.05, 0) is 48.6 Å². The fraction of sp³-hybridized carbons (Fsp3) is 0.269. The molecule has 3 aromatic heterocycles. The Bertz CT molecular complexity index is 1690. The molecule has 0 bridgehead atoms. The van der Waals surface area contributed by atoms with E-state index in [4.69, 9.17) is 4.98 Å². The Morgan fingerprint density at radius 3 is 2.74 bits per heavy atom. The van der Waals surface area contributed by atoms with Crippen LogP contribution in [0.15, 0.2) is 59.8 Å². The number of imidazole rings is 2. The van der Waals surface area contributed by atoms with Crippen molar-refractivity contribution in [1.29, 1.82) is 5.26 Å². The van der Waals surface area contributed by atoms with Crippen LogP contribution in [0.3, 0.4) is 0 Å². The zero-order chi connectivity index (χ0) is 24.1. The summed E-state index contributed by atoms with van der Waals surface area (Å²) in [5, 5.41) is 19.9. The van der Waals surface area contributed by atoms with Gasteiger partial charge in [0.1, 0.15) is 11.8 Å². The molecule has 0 saturated carbocycles. The lowest BCUT2D eigenvalue weighted by Gasteiger charge is -2.29. The molecule has 1 N–H and O–H groups in total. The Balaban J connectivity index is 1.60. The van der Waals surface area contributed by atoms with Crippen LogP contribution >= 0.6 is 0 Å². The predicted molar refractivity (Wildman–Crippen MR) is 130 cm³/mol. The van der Waals surface area contributed by atoms with Crippen molar-refractivity contribution in [3.8, 4) is 12.0 Å². The third-order valence-corrected chi connectivity index (χ3v) is 6.77. The van der Waals surface area contributed by atoms with Crippen LogP contribution in [0.2, 0.25) is 0 Å². The minimum absolute atomic E-state index is 0.133. The maximum atomic E-state index is 13.7. The largest absolute Gasteiger partial charge is 0.388 e. The Morgan fingerprint density at radius 2 is 1.94 bits per heavy atom. The molecule has 0 radical (unpaired) electrons. The molecule has 2 unspecified atom stereocenters. The number of aliphatic hydroxyl groups excluding tert-OH is 1. The zero-order valence-corrected chi connectivity index (χ0v) is 19.2. The SMILES string of the molecule is CCCn1c(=O)n(C2CCC(O)c3ccccc32)c2nc(-n3cnc4ccc(C#N)cc43)ncc21. The standard InChI is InChI=1S/C26H23N7O2/c1-2-11-31-22-14-28-25(32-15-29-19-8-7-16(13-27)12-21(19)32)30-24(22)33(26(31)35)20-9-10-23(34)18-6-4-3-5-17(18)20/h3-8,12,14-15,20,23,34H,2,9-11H2,1H3. The number of fused-ring (bicyclic) bond motifs is 3. The highest BCUT2D eigenvalue weighted by Gasteiger charge is 2.31.